The lowest BCUT2D eigenvalue weighted by atomic mass is 10.2. The molecule has 3 aromatic rings. The van der Waals surface area contributed by atoms with Crippen molar-refractivity contribution in [2.75, 3.05) is 31.0 Å². The SMILES string of the molecule is CCCCOc1ccc(NC(=O)C(=O)N/N=C\c2cc(I)c(OCC(=O)Nc3cccc(C(F)(F)F)c3)c(OC)c2)cc1. The molecule has 3 aromatic carbocycles. The van der Waals surface area contributed by atoms with Crippen LogP contribution in [-0.2, 0) is 20.6 Å². The highest BCUT2D eigenvalue weighted by Crippen LogP contribution is 2.34. The van der Waals surface area contributed by atoms with E-state index >= 15 is 0 Å². The summed E-state index contributed by atoms with van der Waals surface area (Å²) in [7, 11) is 1.37. The fourth-order valence-electron chi connectivity index (χ4n) is 3.44. The van der Waals surface area contributed by atoms with Crippen LogP contribution in [0.1, 0.15) is 30.9 Å². The van der Waals surface area contributed by atoms with Crippen LogP contribution in [0.3, 0.4) is 0 Å². The Balaban J connectivity index is 1.54. The third-order valence-electron chi connectivity index (χ3n) is 5.54. The van der Waals surface area contributed by atoms with E-state index in [0.717, 1.165) is 25.0 Å². The smallest absolute Gasteiger partial charge is 0.416 e. The molecule has 0 radical (unpaired) electrons. The van der Waals surface area contributed by atoms with Gasteiger partial charge in [-0.2, -0.15) is 18.3 Å². The molecule has 0 saturated carbocycles. The molecule has 14 heteroatoms. The van der Waals surface area contributed by atoms with E-state index in [1.807, 2.05) is 22.6 Å². The molecule has 3 rings (SSSR count). The Hall–Kier alpha value is -4.34. The summed E-state index contributed by atoms with van der Waals surface area (Å²) < 4.78 is 55.7. The van der Waals surface area contributed by atoms with E-state index in [0.29, 0.717) is 27.2 Å². The number of unbranched alkanes of at least 4 members (excludes halogenated alkanes) is 1. The molecule has 0 aliphatic carbocycles. The van der Waals surface area contributed by atoms with Crippen LogP contribution in [0.4, 0.5) is 24.5 Å². The third kappa shape index (κ3) is 10.5. The molecule has 10 nitrogen and oxygen atoms in total. The Labute approximate surface area is 259 Å². The molecule has 3 N–H and O–H groups in total. The van der Waals surface area contributed by atoms with Gasteiger partial charge < -0.3 is 24.8 Å². The van der Waals surface area contributed by atoms with Gasteiger partial charge in [-0.15, -0.1) is 0 Å². The standard InChI is InChI=1S/C29H28F3IN4O6/c1-3-4-12-42-22-10-8-20(9-11-22)36-27(39)28(40)37-34-16-18-13-23(33)26(24(14-18)41-2)43-17-25(38)35-21-7-5-6-19(15-21)29(30,31)32/h5-11,13-16H,3-4,12,17H2,1-2H3,(H,35,38)(H,36,39)(H,37,40)/b34-16-. The lowest BCUT2D eigenvalue weighted by molar-refractivity contribution is -0.137. The molecule has 0 heterocycles. The number of hydrogen-bond donors (Lipinski definition) is 3. The Morgan fingerprint density at radius 3 is 2.37 bits per heavy atom. The molecule has 0 fully saturated rings. The number of carbonyl (C=O) groups excluding carboxylic acids is 3. The van der Waals surface area contributed by atoms with Crippen molar-refractivity contribution in [2.45, 2.75) is 25.9 Å². The average Bonchev–Trinajstić information content (AvgIpc) is 2.97. The molecular formula is C29H28F3IN4O6. The van der Waals surface area contributed by atoms with Gasteiger partial charge in [-0.25, -0.2) is 5.43 Å². The minimum atomic E-state index is -4.54. The predicted octanol–water partition coefficient (Wildman–Crippen LogP) is 5.60. The van der Waals surface area contributed by atoms with Gasteiger partial charge in [0.05, 0.1) is 29.1 Å². The number of benzene rings is 3. The lowest BCUT2D eigenvalue weighted by Crippen LogP contribution is -2.32. The van der Waals surface area contributed by atoms with Gasteiger partial charge in [0.1, 0.15) is 5.75 Å². The zero-order valence-corrected chi connectivity index (χ0v) is 25.2. The molecule has 0 aliphatic rings. The summed E-state index contributed by atoms with van der Waals surface area (Å²) >= 11 is 1.93. The first kappa shape index (κ1) is 33.2. The number of ether oxygens (including phenoxy) is 3. The first-order valence-electron chi connectivity index (χ1n) is 12.8. The number of methoxy groups -OCH3 is 1. The highest BCUT2D eigenvalue weighted by molar-refractivity contribution is 14.1. The number of anilines is 2. The Kier molecular flexibility index (Phi) is 12.2. The summed E-state index contributed by atoms with van der Waals surface area (Å²) in [4.78, 5) is 36.7. The Bertz CT molecular complexity index is 1470. The van der Waals surface area contributed by atoms with Crippen LogP contribution in [0.25, 0.3) is 0 Å². The van der Waals surface area contributed by atoms with Crippen LogP contribution in [0.5, 0.6) is 17.2 Å². The van der Waals surface area contributed by atoms with Gasteiger partial charge in [0.15, 0.2) is 18.1 Å². The van der Waals surface area contributed by atoms with Gasteiger partial charge in [0, 0.05) is 11.4 Å². The second-order valence-corrected chi connectivity index (χ2v) is 9.99. The van der Waals surface area contributed by atoms with Crippen molar-refractivity contribution >= 4 is 57.9 Å². The van der Waals surface area contributed by atoms with Crippen molar-refractivity contribution in [3.8, 4) is 17.2 Å². The molecule has 0 spiro atoms. The minimum Gasteiger partial charge on any atom is -0.494 e. The molecule has 43 heavy (non-hydrogen) atoms. The van der Waals surface area contributed by atoms with E-state index < -0.39 is 36.1 Å². The quantitative estimate of drug-likeness (QED) is 0.0738. The fourth-order valence-corrected chi connectivity index (χ4v) is 4.22. The number of alkyl halides is 3. The van der Waals surface area contributed by atoms with Gasteiger partial charge in [-0.3, -0.25) is 14.4 Å². The number of hydrazone groups is 1. The summed E-state index contributed by atoms with van der Waals surface area (Å²) in [6, 6.07) is 14.0. The summed E-state index contributed by atoms with van der Waals surface area (Å²) in [6.45, 7) is 2.15. The number of halogens is 4. The maximum atomic E-state index is 12.9. The summed E-state index contributed by atoms with van der Waals surface area (Å²) in [5.41, 5.74) is 2.10. The van der Waals surface area contributed by atoms with Crippen LogP contribution in [0, 0.1) is 3.57 Å². The summed E-state index contributed by atoms with van der Waals surface area (Å²) in [6.07, 6.45) is -1.33. The van der Waals surface area contributed by atoms with E-state index in [2.05, 4.69) is 28.1 Å². The normalized spacial score (nSPS) is 11.1. The first-order valence-corrected chi connectivity index (χ1v) is 13.9. The fraction of sp³-hybridized carbons (Fsp3) is 0.241. The minimum absolute atomic E-state index is 0.0299. The number of nitrogens with zero attached hydrogens (tertiary/aromatic N) is 1. The number of rotatable bonds is 12. The van der Waals surface area contributed by atoms with Crippen LogP contribution in [0.15, 0.2) is 65.8 Å². The van der Waals surface area contributed by atoms with Crippen molar-refractivity contribution in [2.24, 2.45) is 5.10 Å². The van der Waals surface area contributed by atoms with Crippen molar-refractivity contribution in [3.63, 3.8) is 0 Å². The van der Waals surface area contributed by atoms with Crippen LogP contribution >= 0.6 is 22.6 Å². The van der Waals surface area contributed by atoms with Crippen molar-refractivity contribution in [1.29, 1.82) is 0 Å². The van der Waals surface area contributed by atoms with Crippen LogP contribution < -0.4 is 30.3 Å². The van der Waals surface area contributed by atoms with Gasteiger partial charge in [-0.1, -0.05) is 19.4 Å². The zero-order valence-electron chi connectivity index (χ0n) is 23.1. The Morgan fingerprint density at radius 1 is 0.953 bits per heavy atom. The molecule has 0 unspecified atom stereocenters. The summed E-state index contributed by atoms with van der Waals surface area (Å²) in [5, 5.41) is 8.63. The molecule has 3 amide bonds. The molecule has 0 aromatic heterocycles. The summed E-state index contributed by atoms with van der Waals surface area (Å²) in [5.74, 6) is -1.50. The van der Waals surface area contributed by atoms with E-state index in [-0.39, 0.29) is 17.2 Å². The molecular weight excluding hydrogens is 684 g/mol. The second kappa shape index (κ2) is 15.8. The van der Waals surface area contributed by atoms with E-state index in [1.165, 1.54) is 31.5 Å². The number of nitrogens with one attached hydrogen (secondary N) is 3. The second-order valence-electron chi connectivity index (χ2n) is 8.83. The average molecular weight is 712 g/mol. The first-order chi connectivity index (χ1) is 20.5. The zero-order chi connectivity index (χ0) is 31.4. The van der Waals surface area contributed by atoms with E-state index in [4.69, 9.17) is 14.2 Å². The predicted molar refractivity (Wildman–Crippen MR) is 162 cm³/mol. The van der Waals surface area contributed by atoms with E-state index in [9.17, 15) is 27.6 Å². The Morgan fingerprint density at radius 2 is 1.70 bits per heavy atom. The number of hydrogen-bond acceptors (Lipinski definition) is 7. The molecule has 0 bridgehead atoms. The van der Waals surface area contributed by atoms with Gasteiger partial charge in [0.2, 0.25) is 0 Å². The molecule has 0 saturated heterocycles. The van der Waals surface area contributed by atoms with Gasteiger partial charge in [-0.05, 0) is 89.2 Å². The molecule has 0 atom stereocenters. The lowest BCUT2D eigenvalue weighted by Gasteiger charge is -2.14. The number of amides is 3. The molecule has 0 aliphatic heterocycles. The maximum absolute atomic E-state index is 12.9. The van der Waals surface area contributed by atoms with Gasteiger partial charge >= 0.3 is 18.0 Å². The van der Waals surface area contributed by atoms with E-state index in [1.54, 1.807) is 30.3 Å². The monoisotopic (exact) mass is 712 g/mol. The van der Waals surface area contributed by atoms with Crippen molar-refractivity contribution in [1.82, 2.24) is 5.43 Å². The highest BCUT2D eigenvalue weighted by Gasteiger charge is 2.30. The topological polar surface area (TPSA) is 127 Å². The van der Waals surface area contributed by atoms with Crippen LogP contribution in [-0.4, -0.2) is 44.3 Å². The van der Waals surface area contributed by atoms with Gasteiger partial charge in [0.25, 0.3) is 5.91 Å². The van der Waals surface area contributed by atoms with Crippen molar-refractivity contribution in [3.05, 3.63) is 75.4 Å². The maximum Gasteiger partial charge on any atom is 0.416 e. The van der Waals surface area contributed by atoms with Crippen LogP contribution in [0.2, 0.25) is 0 Å². The molecule has 228 valence electrons. The number of carbonyl (C=O) groups is 3. The largest absolute Gasteiger partial charge is 0.494 e. The van der Waals surface area contributed by atoms with Crippen molar-refractivity contribution < 1.29 is 41.8 Å². The highest BCUT2D eigenvalue weighted by atomic mass is 127. The third-order valence-corrected chi connectivity index (χ3v) is 6.34.